The molecule has 1 aromatic rings. The summed E-state index contributed by atoms with van der Waals surface area (Å²) < 4.78 is 10.7. The lowest BCUT2D eigenvalue weighted by Crippen LogP contribution is -2.36. The zero-order valence-corrected chi connectivity index (χ0v) is 13.0. The third-order valence-electron chi connectivity index (χ3n) is 3.30. The Hall–Kier alpha value is -2.59. The molecular formula is C16H20N4O3. The van der Waals surface area contributed by atoms with E-state index in [0.29, 0.717) is 18.8 Å². The molecule has 1 atom stereocenters. The quantitative estimate of drug-likeness (QED) is 0.589. The highest BCUT2D eigenvalue weighted by atomic mass is 16.5. The van der Waals surface area contributed by atoms with Gasteiger partial charge in [0.05, 0.1) is 18.4 Å². The average Bonchev–Trinajstić information content (AvgIpc) is 3.09. The Morgan fingerprint density at radius 2 is 2.26 bits per heavy atom. The topological polar surface area (TPSA) is 95.7 Å². The van der Waals surface area contributed by atoms with Crippen molar-refractivity contribution in [2.24, 2.45) is 5.10 Å². The van der Waals surface area contributed by atoms with Crippen molar-refractivity contribution < 1.29 is 14.3 Å². The van der Waals surface area contributed by atoms with Gasteiger partial charge in [-0.1, -0.05) is 0 Å². The number of hydrogen-bond acceptors (Lipinski definition) is 6. The van der Waals surface area contributed by atoms with Crippen LogP contribution in [0.25, 0.3) is 0 Å². The van der Waals surface area contributed by atoms with Crippen LogP contribution in [0.3, 0.4) is 0 Å². The number of amides is 1. The molecule has 1 heterocycles. The van der Waals surface area contributed by atoms with E-state index < -0.39 is 5.91 Å². The second kappa shape index (κ2) is 8.76. The number of anilines is 1. The van der Waals surface area contributed by atoms with E-state index in [9.17, 15) is 4.79 Å². The van der Waals surface area contributed by atoms with Gasteiger partial charge in [0.1, 0.15) is 11.8 Å². The maximum atomic E-state index is 11.9. The molecule has 0 aromatic heterocycles. The molecule has 1 amide bonds. The van der Waals surface area contributed by atoms with Crippen molar-refractivity contribution >= 4 is 17.3 Å². The average molecular weight is 316 g/mol. The van der Waals surface area contributed by atoms with E-state index in [0.717, 1.165) is 25.2 Å². The highest BCUT2D eigenvalue weighted by molar-refractivity contribution is 6.45. The number of nitriles is 1. The van der Waals surface area contributed by atoms with Crippen molar-refractivity contribution in [3.63, 3.8) is 0 Å². The van der Waals surface area contributed by atoms with Crippen LogP contribution in [0.1, 0.15) is 19.8 Å². The zero-order valence-electron chi connectivity index (χ0n) is 13.0. The van der Waals surface area contributed by atoms with Gasteiger partial charge in [-0.3, -0.25) is 10.2 Å². The second-order valence-corrected chi connectivity index (χ2v) is 4.99. The summed E-state index contributed by atoms with van der Waals surface area (Å²) in [4.78, 5) is 11.9. The predicted octanol–water partition coefficient (Wildman–Crippen LogP) is 1.67. The first-order valence-electron chi connectivity index (χ1n) is 7.59. The summed E-state index contributed by atoms with van der Waals surface area (Å²) in [6.07, 6.45) is 1.95. The van der Waals surface area contributed by atoms with Gasteiger partial charge in [0.2, 0.25) is 5.71 Å². The van der Waals surface area contributed by atoms with Crippen molar-refractivity contribution in [1.29, 1.82) is 5.26 Å². The van der Waals surface area contributed by atoms with Crippen LogP contribution in [0.15, 0.2) is 29.4 Å². The summed E-state index contributed by atoms with van der Waals surface area (Å²) in [7, 11) is 0. The number of ether oxygens (including phenoxy) is 2. The Bertz CT molecular complexity index is 586. The SMILES string of the molecule is CCOc1ccc(N/N=C(/C#N)C(=O)NC[C@H]2CCCO2)cc1. The van der Waals surface area contributed by atoms with Crippen LogP contribution in [-0.2, 0) is 9.53 Å². The summed E-state index contributed by atoms with van der Waals surface area (Å²) in [5, 5.41) is 15.6. The normalized spacial score (nSPS) is 17.4. The minimum absolute atomic E-state index is 0.0259. The van der Waals surface area contributed by atoms with Gasteiger partial charge in [0, 0.05) is 13.2 Å². The van der Waals surface area contributed by atoms with Gasteiger partial charge >= 0.3 is 0 Å². The van der Waals surface area contributed by atoms with Crippen LogP contribution in [0.2, 0.25) is 0 Å². The predicted molar refractivity (Wildman–Crippen MR) is 86.3 cm³/mol. The minimum Gasteiger partial charge on any atom is -0.494 e. The van der Waals surface area contributed by atoms with Crippen molar-refractivity contribution in [2.45, 2.75) is 25.9 Å². The smallest absolute Gasteiger partial charge is 0.282 e. The van der Waals surface area contributed by atoms with Crippen molar-refractivity contribution in [3.8, 4) is 11.8 Å². The lowest BCUT2D eigenvalue weighted by atomic mass is 10.2. The molecule has 1 aliphatic heterocycles. The summed E-state index contributed by atoms with van der Waals surface area (Å²) >= 11 is 0. The Kier molecular flexibility index (Phi) is 6.39. The monoisotopic (exact) mass is 316 g/mol. The van der Waals surface area contributed by atoms with Gasteiger partial charge in [-0.25, -0.2) is 0 Å². The van der Waals surface area contributed by atoms with Crippen molar-refractivity contribution in [2.75, 3.05) is 25.2 Å². The fourth-order valence-electron chi connectivity index (χ4n) is 2.13. The number of hydrazone groups is 1. The van der Waals surface area contributed by atoms with E-state index in [1.165, 1.54) is 0 Å². The van der Waals surface area contributed by atoms with Crippen molar-refractivity contribution in [1.82, 2.24) is 5.32 Å². The summed E-state index contributed by atoms with van der Waals surface area (Å²) in [5.41, 5.74) is 3.13. The third kappa shape index (κ3) is 5.27. The summed E-state index contributed by atoms with van der Waals surface area (Å²) in [6, 6.07) is 8.87. The molecule has 7 nitrogen and oxygen atoms in total. The highest BCUT2D eigenvalue weighted by Crippen LogP contribution is 2.15. The Labute approximate surface area is 135 Å². The van der Waals surface area contributed by atoms with Gasteiger partial charge in [0.15, 0.2) is 0 Å². The number of rotatable bonds is 7. The van der Waals surface area contributed by atoms with Gasteiger partial charge in [-0.2, -0.15) is 10.4 Å². The van der Waals surface area contributed by atoms with Crippen molar-refractivity contribution in [3.05, 3.63) is 24.3 Å². The second-order valence-electron chi connectivity index (χ2n) is 4.99. The fourth-order valence-corrected chi connectivity index (χ4v) is 2.13. The molecule has 0 bridgehead atoms. The lowest BCUT2D eigenvalue weighted by molar-refractivity contribution is -0.115. The molecule has 2 N–H and O–H groups in total. The summed E-state index contributed by atoms with van der Waals surface area (Å²) in [5.74, 6) is 0.235. The number of nitrogens with zero attached hydrogens (tertiary/aromatic N) is 2. The summed E-state index contributed by atoms with van der Waals surface area (Å²) in [6.45, 7) is 3.61. The minimum atomic E-state index is -0.513. The van der Waals surface area contributed by atoms with E-state index in [2.05, 4.69) is 15.8 Å². The molecule has 1 aromatic carbocycles. The first kappa shape index (κ1) is 16.8. The van der Waals surface area contributed by atoms with E-state index in [1.807, 2.05) is 6.92 Å². The Balaban J connectivity index is 1.87. The molecule has 0 spiro atoms. The molecular weight excluding hydrogens is 296 g/mol. The first-order chi connectivity index (χ1) is 11.2. The largest absolute Gasteiger partial charge is 0.494 e. The standard InChI is InChI=1S/C16H20N4O3/c1-2-22-13-7-5-12(6-8-13)19-20-15(10-17)16(21)18-11-14-4-3-9-23-14/h5-8,14,19H,2-4,9,11H2,1H3,(H,18,21)/b20-15-/t14-/m1/s1. The van der Waals surface area contributed by atoms with Crippen LogP contribution in [0.4, 0.5) is 5.69 Å². The van der Waals surface area contributed by atoms with Crippen LogP contribution >= 0.6 is 0 Å². The van der Waals surface area contributed by atoms with Gasteiger partial charge in [-0.05, 0) is 44.0 Å². The Morgan fingerprint density at radius 1 is 1.48 bits per heavy atom. The molecule has 1 saturated heterocycles. The van der Waals surface area contributed by atoms with E-state index in [-0.39, 0.29) is 11.8 Å². The third-order valence-corrected chi connectivity index (χ3v) is 3.30. The molecule has 1 fully saturated rings. The molecule has 7 heteroatoms. The van der Waals surface area contributed by atoms with Crippen LogP contribution in [0, 0.1) is 11.3 Å². The van der Waals surface area contributed by atoms with Crippen LogP contribution in [-0.4, -0.2) is 37.5 Å². The van der Waals surface area contributed by atoms with Gasteiger partial charge in [-0.15, -0.1) is 0 Å². The van der Waals surface area contributed by atoms with Gasteiger partial charge in [0.25, 0.3) is 5.91 Å². The number of benzene rings is 1. The number of hydrogen-bond donors (Lipinski definition) is 2. The number of carbonyl (C=O) groups is 1. The maximum Gasteiger partial charge on any atom is 0.282 e. The molecule has 122 valence electrons. The van der Waals surface area contributed by atoms with E-state index in [1.54, 1.807) is 30.3 Å². The Morgan fingerprint density at radius 3 is 2.87 bits per heavy atom. The highest BCUT2D eigenvalue weighted by Gasteiger charge is 2.18. The number of carbonyl (C=O) groups excluding carboxylic acids is 1. The van der Waals surface area contributed by atoms with Crippen LogP contribution in [0.5, 0.6) is 5.75 Å². The first-order valence-corrected chi connectivity index (χ1v) is 7.59. The molecule has 23 heavy (non-hydrogen) atoms. The number of nitrogens with one attached hydrogen (secondary N) is 2. The zero-order chi connectivity index (χ0) is 16.5. The molecule has 0 unspecified atom stereocenters. The molecule has 2 rings (SSSR count). The molecule has 1 aliphatic rings. The maximum absolute atomic E-state index is 11.9. The molecule has 0 aliphatic carbocycles. The van der Waals surface area contributed by atoms with Crippen LogP contribution < -0.4 is 15.5 Å². The lowest BCUT2D eigenvalue weighted by Gasteiger charge is -2.10. The molecule has 0 radical (unpaired) electrons. The fraction of sp³-hybridized carbons (Fsp3) is 0.438. The van der Waals surface area contributed by atoms with E-state index in [4.69, 9.17) is 14.7 Å². The van der Waals surface area contributed by atoms with Gasteiger partial charge < -0.3 is 14.8 Å². The molecule has 0 saturated carbocycles. The van der Waals surface area contributed by atoms with E-state index >= 15 is 0 Å².